The zero-order valence-electron chi connectivity index (χ0n) is 30.0. The van der Waals surface area contributed by atoms with E-state index < -0.39 is 11.7 Å². The van der Waals surface area contributed by atoms with Gasteiger partial charge in [0.15, 0.2) is 5.78 Å². The van der Waals surface area contributed by atoms with Crippen molar-refractivity contribution in [2.75, 3.05) is 13.1 Å². The van der Waals surface area contributed by atoms with Crippen LogP contribution in [0.1, 0.15) is 127 Å². The Hall–Kier alpha value is -2.38. The van der Waals surface area contributed by atoms with Gasteiger partial charge in [0, 0.05) is 37.3 Å². The summed E-state index contributed by atoms with van der Waals surface area (Å²) in [5.41, 5.74) is 0.472. The van der Waals surface area contributed by atoms with Crippen LogP contribution in [0.4, 0.5) is 4.79 Å². The van der Waals surface area contributed by atoms with E-state index in [0.29, 0.717) is 31.3 Å². The first-order chi connectivity index (χ1) is 21.3. The Kier molecular flexibility index (Phi) is 9.31. The third-order valence-corrected chi connectivity index (χ3v) is 13.4. The van der Waals surface area contributed by atoms with Crippen LogP contribution in [0.2, 0.25) is 0 Å². The number of amides is 2. The molecule has 4 saturated carbocycles. The quantitative estimate of drug-likeness (QED) is 0.236. The van der Waals surface area contributed by atoms with Crippen molar-refractivity contribution in [2.24, 2.45) is 51.2 Å². The average molecular weight is 641 g/mol. The van der Waals surface area contributed by atoms with E-state index in [1.807, 2.05) is 20.8 Å². The standard InChI is InChI=1S/C38H60N2O6/c1-23(41)45-30-14-18-38(9)29(35(30,5)6)13-17-37(8)26-12-16-36(7)15-11-24(21-27(36)25(26)22-28(42)31(37)38)32(43)39-19-10-20-40-33(44)46-34(2,3)4/h22,24,26-27,29-31H,10-21H2,1-9H3,(H,39,43)(H,40,44). The molecule has 8 heteroatoms. The molecule has 0 aliphatic heterocycles. The second kappa shape index (κ2) is 12.3. The second-order valence-electron chi connectivity index (χ2n) is 17.9. The summed E-state index contributed by atoms with van der Waals surface area (Å²) in [4.78, 5) is 51.7. The SMILES string of the molecule is CC(=O)OC1CCC2(C)C(CCC3(C)C4CCC5(C)CCC(C(=O)NCCCNC(=O)OC(C)(C)C)CC5C4=CC(=O)C32)C1(C)C. The minimum atomic E-state index is -0.539. The number of ether oxygens (including phenoxy) is 2. The van der Waals surface area contributed by atoms with E-state index in [4.69, 9.17) is 9.47 Å². The van der Waals surface area contributed by atoms with Crippen LogP contribution in [-0.2, 0) is 23.9 Å². The van der Waals surface area contributed by atoms with E-state index in [-0.39, 0.29) is 63.2 Å². The van der Waals surface area contributed by atoms with Crippen LogP contribution in [0.5, 0.6) is 0 Å². The molecule has 5 rings (SSSR count). The third-order valence-electron chi connectivity index (χ3n) is 13.4. The highest BCUT2D eigenvalue weighted by molar-refractivity contribution is 5.95. The Morgan fingerprint density at radius 2 is 1.52 bits per heavy atom. The van der Waals surface area contributed by atoms with E-state index in [2.05, 4.69) is 51.3 Å². The van der Waals surface area contributed by atoms with Crippen LogP contribution in [0.15, 0.2) is 11.6 Å². The first-order valence-electron chi connectivity index (χ1n) is 18.0. The van der Waals surface area contributed by atoms with E-state index in [9.17, 15) is 19.2 Å². The Labute approximate surface area is 276 Å². The Balaban J connectivity index is 1.28. The molecular weight excluding hydrogens is 580 g/mol. The molecule has 46 heavy (non-hydrogen) atoms. The van der Waals surface area contributed by atoms with Crippen LogP contribution < -0.4 is 10.6 Å². The van der Waals surface area contributed by atoms with Crippen molar-refractivity contribution >= 4 is 23.8 Å². The number of fused-ring (bicyclic) bond motifs is 7. The molecule has 0 bridgehead atoms. The summed E-state index contributed by atoms with van der Waals surface area (Å²) in [5.74, 6) is 0.974. The van der Waals surface area contributed by atoms with Crippen molar-refractivity contribution < 1.29 is 28.7 Å². The molecule has 2 N–H and O–H groups in total. The molecule has 5 aliphatic rings. The zero-order chi connectivity index (χ0) is 33.9. The normalized spacial score (nSPS) is 39.8. The fourth-order valence-corrected chi connectivity index (χ4v) is 11.3. The van der Waals surface area contributed by atoms with Gasteiger partial charge in [-0.1, -0.05) is 40.2 Å². The van der Waals surface area contributed by atoms with Gasteiger partial charge in [-0.3, -0.25) is 14.4 Å². The number of carbonyl (C=O) groups is 4. The summed E-state index contributed by atoms with van der Waals surface area (Å²) in [5, 5.41) is 5.88. The summed E-state index contributed by atoms with van der Waals surface area (Å²) in [6.07, 6.45) is 10.8. The molecule has 0 spiro atoms. The molecule has 0 aromatic carbocycles. The van der Waals surface area contributed by atoms with E-state index in [1.54, 1.807) is 0 Å². The molecule has 0 saturated heterocycles. The van der Waals surface area contributed by atoms with Crippen molar-refractivity contribution in [3.05, 3.63) is 11.6 Å². The van der Waals surface area contributed by atoms with Crippen molar-refractivity contribution in [3.63, 3.8) is 0 Å². The minimum Gasteiger partial charge on any atom is -0.462 e. The van der Waals surface area contributed by atoms with Crippen molar-refractivity contribution in [3.8, 4) is 0 Å². The largest absolute Gasteiger partial charge is 0.462 e. The summed E-state index contributed by atoms with van der Waals surface area (Å²) in [6.45, 7) is 19.6. The van der Waals surface area contributed by atoms with Gasteiger partial charge in [-0.2, -0.15) is 0 Å². The number of ketones is 1. The molecular formula is C38H60N2O6. The van der Waals surface area contributed by atoms with Gasteiger partial charge in [-0.25, -0.2) is 4.79 Å². The molecule has 0 radical (unpaired) electrons. The lowest BCUT2D eigenvalue weighted by molar-refractivity contribution is -0.200. The molecule has 9 unspecified atom stereocenters. The van der Waals surface area contributed by atoms with Gasteiger partial charge in [0.05, 0.1) is 0 Å². The number of carbonyl (C=O) groups excluding carboxylic acids is 4. The number of esters is 1. The highest BCUT2D eigenvalue weighted by Crippen LogP contribution is 2.71. The van der Waals surface area contributed by atoms with Gasteiger partial charge in [-0.05, 0) is 125 Å². The Morgan fingerprint density at radius 1 is 0.870 bits per heavy atom. The van der Waals surface area contributed by atoms with Gasteiger partial charge in [0.2, 0.25) is 5.91 Å². The van der Waals surface area contributed by atoms with Crippen LogP contribution in [0, 0.1) is 51.2 Å². The summed E-state index contributed by atoms with van der Waals surface area (Å²) >= 11 is 0. The predicted molar refractivity (Wildman–Crippen MR) is 178 cm³/mol. The monoisotopic (exact) mass is 640 g/mol. The van der Waals surface area contributed by atoms with Crippen LogP contribution in [0.3, 0.4) is 0 Å². The Morgan fingerprint density at radius 3 is 2.20 bits per heavy atom. The van der Waals surface area contributed by atoms with Gasteiger partial charge < -0.3 is 20.1 Å². The minimum absolute atomic E-state index is 0.0358. The second-order valence-corrected chi connectivity index (χ2v) is 17.9. The van der Waals surface area contributed by atoms with Crippen LogP contribution in [-0.4, -0.2) is 48.5 Å². The molecule has 5 aliphatic carbocycles. The van der Waals surface area contributed by atoms with Crippen molar-refractivity contribution in [1.82, 2.24) is 10.6 Å². The first kappa shape index (κ1) is 34.9. The summed E-state index contributed by atoms with van der Waals surface area (Å²) in [6, 6.07) is 0. The fourth-order valence-electron chi connectivity index (χ4n) is 11.3. The number of rotatable bonds is 6. The molecule has 8 nitrogen and oxygen atoms in total. The van der Waals surface area contributed by atoms with Crippen molar-refractivity contribution in [2.45, 2.75) is 138 Å². The number of hydrogen-bond acceptors (Lipinski definition) is 6. The maximum Gasteiger partial charge on any atom is 0.407 e. The van der Waals surface area contributed by atoms with E-state index in [1.165, 1.54) is 12.5 Å². The summed E-state index contributed by atoms with van der Waals surface area (Å²) < 4.78 is 11.1. The molecule has 258 valence electrons. The summed E-state index contributed by atoms with van der Waals surface area (Å²) in [7, 11) is 0. The topological polar surface area (TPSA) is 111 Å². The number of alkyl carbamates (subject to hydrolysis) is 1. The lowest BCUT2D eigenvalue weighted by atomic mass is 9.37. The highest BCUT2D eigenvalue weighted by atomic mass is 16.6. The number of nitrogens with one attached hydrogen (secondary N) is 2. The number of allylic oxidation sites excluding steroid dienone is 2. The maximum atomic E-state index is 14.5. The van der Waals surface area contributed by atoms with Crippen LogP contribution >= 0.6 is 0 Å². The third kappa shape index (κ3) is 6.27. The van der Waals surface area contributed by atoms with Crippen LogP contribution in [0.25, 0.3) is 0 Å². The fraction of sp³-hybridized carbons (Fsp3) is 0.842. The smallest absolute Gasteiger partial charge is 0.407 e. The molecule has 0 aromatic heterocycles. The van der Waals surface area contributed by atoms with Gasteiger partial charge >= 0.3 is 12.1 Å². The molecule has 9 atom stereocenters. The van der Waals surface area contributed by atoms with Crippen molar-refractivity contribution in [1.29, 1.82) is 0 Å². The highest BCUT2D eigenvalue weighted by Gasteiger charge is 2.67. The predicted octanol–water partition coefficient (Wildman–Crippen LogP) is 7.15. The lowest BCUT2D eigenvalue weighted by Gasteiger charge is -2.67. The van der Waals surface area contributed by atoms with E-state index in [0.717, 1.165) is 57.8 Å². The van der Waals surface area contributed by atoms with Gasteiger partial charge in [0.25, 0.3) is 0 Å². The van der Waals surface area contributed by atoms with Gasteiger partial charge in [-0.15, -0.1) is 0 Å². The molecule has 0 aromatic rings. The average Bonchev–Trinajstić information content (AvgIpc) is 2.92. The first-order valence-corrected chi connectivity index (χ1v) is 18.0. The molecule has 2 amide bonds. The molecule has 0 heterocycles. The van der Waals surface area contributed by atoms with E-state index >= 15 is 0 Å². The molecule has 4 fully saturated rings. The zero-order valence-corrected chi connectivity index (χ0v) is 30.0. The maximum absolute atomic E-state index is 14.5. The number of hydrogen-bond donors (Lipinski definition) is 2. The lowest BCUT2D eigenvalue weighted by Crippen LogP contribution is -2.64. The van der Waals surface area contributed by atoms with Gasteiger partial charge in [0.1, 0.15) is 11.7 Å². The Bertz CT molecular complexity index is 1270.